The Bertz CT molecular complexity index is 919. The van der Waals surface area contributed by atoms with Crippen LogP contribution in [-0.4, -0.2) is 11.1 Å². The van der Waals surface area contributed by atoms with E-state index in [2.05, 4.69) is 10.3 Å². The van der Waals surface area contributed by atoms with E-state index in [1.807, 2.05) is 67.6 Å². The molecule has 0 radical (unpaired) electrons. The molecule has 0 spiro atoms. The molecule has 0 aliphatic carbocycles. The van der Waals surface area contributed by atoms with Crippen LogP contribution in [0.3, 0.4) is 0 Å². The van der Waals surface area contributed by atoms with Gasteiger partial charge in [0, 0.05) is 11.3 Å². The Morgan fingerprint density at radius 3 is 2.36 bits per heavy atom. The van der Waals surface area contributed by atoms with Crippen molar-refractivity contribution in [2.45, 2.75) is 13.5 Å². The molecule has 1 aromatic heterocycles. The van der Waals surface area contributed by atoms with Crippen LogP contribution in [0.25, 0.3) is 11.1 Å². The molecule has 1 heterocycles. The number of rotatable bonds is 4. The summed E-state index contributed by atoms with van der Waals surface area (Å²) < 4.78 is 5.16. The summed E-state index contributed by atoms with van der Waals surface area (Å²) >= 11 is 0. The third kappa shape index (κ3) is 4.14. The molecule has 25 heavy (non-hydrogen) atoms. The molecule has 0 aliphatic heterocycles. The summed E-state index contributed by atoms with van der Waals surface area (Å²) in [5.74, 6) is 0. The van der Waals surface area contributed by atoms with Crippen LogP contribution in [0.1, 0.15) is 11.3 Å². The molecule has 5 heteroatoms. The van der Waals surface area contributed by atoms with Crippen LogP contribution in [0.4, 0.5) is 10.5 Å². The number of aromatic nitrogens is 1. The number of anilines is 1. The molecule has 0 saturated heterocycles. The fourth-order valence-electron chi connectivity index (χ4n) is 2.50. The van der Waals surface area contributed by atoms with Gasteiger partial charge in [-0.1, -0.05) is 60.7 Å². The average Bonchev–Trinajstić information content (AvgIpc) is 2.64. The van der Waals surface area contributed by atoms with Crippen LogP contribution in [-0.2, 0) is 11.3 Å². The quantitative estimate of drug-likeness (QED) is 0.754. The van der Waals surface area contributed by atoms with Crippen molar-refractivity contribution >= 4 is 11.8 Å². The van der Waals surface area contributed by atoms with E-state index in [9.17, 15) is 9.59 Å². The minimum absolute atomic E-state index is 0.141. The average molecular weight is 334 g/mol. The minimum Gasteiger partial charge on any atom is -0.444 e. The van der Waals surface area contributed by atoms with Gasteiger partial charge in [0.25, 0.3) is 5.56 Å². The smallest absolute Gasteiger partial charge is 0.412 e. The van der Waals surface area contributed by atoms with Gasteiger partial charge >= 0.3 is 6.09 Å². The van der Waals surface area contributed by atoms with E-state index in [1.165, 1.54) is 0 Å². The molecule has 0 atom stereocenters. The number of carbonyl (C=O) groups excluding carboxylic acids is 1. The van der Waals surface area contributed by atoms with Crippen molar-refractivity contribution in [2.24, 2.45) is 0 Å². The van der Waals surface area contributed by atoms with Crippen molar-refractivity contribution in [1.82, 2.24) is 4.98 Å². The zero-order valence-electron chi connectivity index (χ0n) is 13.8. The standard InChI is InChI=1S/C20H18N2O3/c1-14-17(16-10-6-3-7-11-16)12-18(19(23)21-14)22-20(24)25-13-15-8-4-2-5-9-15/h2-12H,13H2,1H3,(H,21,23)(H,22,24). The molecule has 0 unspecified atom stereocenters. The number of amides is 1. The van der Waals surface area contributed by atoms with Crippen molar-refractivity contribution < 1.29 is 9.53 Å². The molecule has 0 saturated carbocycles. The number of H-pyrrole nitrogens is 1. The molecular weight excluding hydrogens is 316 g/mol. The first-order valence-corrected chi connectivity index (χ1v) is 7.90. The number of hydrogen-bond acceptors (Lipinski definition) is 3. The molecule has 3 aromatic rings. The lowest BCUT2D eigenvalue weighted by atomic mass is 10.0. The van der Waals surface area contributed by atoms with E-state index in [4.69, 9.17) is 4.74 Å². The molecule has 0 bridgehead atoms. The topological polar surface area (TPSA) is 71.2 Å². The second-order valence-corrected chi connectivity index (χ2v) is 5.60. The van der Waals surface area contributed by atoms with Gasteiger partial charge in [-0.25, -0.2) is 4.79 Å². The first-order valence-electron chi connectivity index (χ1n) is 7.90. The van der Waals surface area contributed by atoms with Gasteiger partial charge in [-0.3, -0.25) is 10.1 Å². The number of benzene rings is 2. The van der Waals surface area contributed by atoms with Gasteiger partial charge in [-0.15, -0.1) is 0 Å². The third-order valence-electron chi connectivity index (χ3n) is 3.77. The molecule has 3 rings (SSSR count). The Morgan fingerprint density at radius 1 is 1.04 bits per heavy atom. The highest BCUT2D eigenvalue weighted by Crippen LogP contribution is 2.23. The van der Waals surface area contributed by atoms with Crippen LogP contribution >= 0.6 is 0 Å². The zero-order valence-corrected chi connectivity index (χ0v) is 13.8. The molecule has 5 nitrogen and oxygen atoms in total. The van der Waals surface area contributed by atoms with Crippen LogP contribution in [0.2, 0.25) is 0 Å². The van der Waals surface area contributed by atoms with Gasteiger partial charge in [-0.05, 0) is 24.1 Å². The van der Waals surface area contributed by atoms with E-state index in [0.717, 1.165) is 22.4 Å². The maximum atomic E-state index is 12.1. The Balaban J connectivity index is 1.76. The SMILES string of the molecule is Cc1[nH]c(=O)c(NC(=O)OCc2ccccc2)cc1-c1ccccc1. The van der Waals surface area contributed by atoms with Gasteiger partial charge in [0.15, 0.2) is 0 Å². The summed E-state index contributed by atoms with van der Waals surface area (Å²) in [7, 11) is 0. The lowest BCUT2D eigenvalue weighted by Crippen LogP contribution is -2.21. The fourth-order valence-corrected chi connectivity index (χ4v) is 2.50. The number of pyridine rings is 1. The second-order valence-electron chi connectivity index (χ2n) is 5.60. The largest absolute Gasteiger partial charge is 0.444 e. The van der Waals surface area contributed by atoms with E-state index < -0.39 is 6.09 Å². The van der Waals surface area contributed by atoms with Crippen LogP contribution < -0.4 is 10.9 Å². The van der Waals surface area contributed by atoms with Crippen LogP contribution in [0.15, 0.2) is 71.5 Å². The maximum Gasteiger partial charge on any atom is 0.412 e. The Kier molecular flexibility index (Phi) is 4.95. The predicted molar refractivity (Wildman–Crippen MR) is 97.5 cm³/mol. The Morgan fingerprint density at radius 2 is 1.68 bits per heavy atom. The molecule has 126 valence electrons. The molecule has 2 aromatic carbocycles. The zero-order chi connectivity index (χ0) is 17.6. The number of nitrogens with one attached hydrogen (secondary N) is 2. The highest BCUT2D eigenvalue weighted by Gasteiger charge is 2.11. The van der Waals surface area contributed by atoms with E-state index in [0.29, 0.717) is 0 Å². The van der Waals surface area contributed by atoms with Crippen molar-refractivity contribution in [3.63, 3.8) is 0 Å². The molecule has 1 amide bonds. The van der Waals surface area contributed by atoms with Gasteiger partial charge in [0.1, 0.15) is 12.3 Å². The van der Waals surface area contributed by atoms with Crippen molar-refractivity contribution in [3.8, 4) is 11.1 Å². The Labute approximate surface area is 145 Å². The monoisotopic (exact) mass is 334 g/mol. The lowest BCUT2D eigenvalue weighted by molar-refractivity contribution is 0.155. The summed E-state index contributed by atoms with van der Waals surface area (Å²) in [6, 6.07) is 20.6. The number of hydrogen-bond donors (Lipinski definition) is 2. The van der Waals surface area contributed by atoms with E-state index in [-0.39, 0.29) is 17.9 Å². The number of ether oxygens (including phenoxy) is 1. The number of aromatic amines is 1. The highest BCUT2D eigenvalue weighted by atomic mass is 16.5. The van der Waals surface area contributed by atoms with Gasteiger partial charge in [0.05, 0.1) is 0 Å². The van der Waals surface area contributed by atoms with Gasteiger partial charge in [-0.2, -0.15) is 0 Å². The lowest BCUT2D eigenvalue weighted by Gasteiger charge is -2.10. The summed E-state index contributed by atoms with van der Waals surface area (Å²) in [5, 5.41) is 2.51. The third-order valence-corrected chi connectivity index (χ3v) is 3.77. The highest BCUT2D eigenvalue weighted by molar-refractivity contribution is 5.85. The normalized spacial score (nSPS) is 10.3. The van der Waals surface area contributed by atoms with E-state index >= 15 is 0 Å². The summed E-state index contributed by atoms with van der Waals surface area (Å²) in [5.41, 5.74) is 3.20. The Hall–Kier alpha value is -3.34. The van der Waals surface area contributed by atoms with E-state index in [1.54, 1.807) is 6.07 Å². The predicted octanol–water partition coefficient (Wildman–Crippen LogP) is 4.10. The molecule has 0 fully saturated rings. The molecular formula is C20H18N2O3. The van der Waals surface area contributed by atoms with Crippen LogP contribution in [0.5, 0.6) is 0 Å². The summed E-state index contributed by atoms with van der Waals surface area (Å²) in [6.07, 6.45) is -0.669. The summed E-state index contributed by atoms with van der Waals surface area (Å²) in [6.45, 7) is 1.96. The fraction of sp³-hybridized carbons (Fsp3) is 0.100. The molecule has 0 aliphatic rings. The minimum atomic E-state index is -0.669. The van der Waals surface area contributed by atoms with Crippen molar-refractivity contribution in [3.05, 3.63) is 88.3 Å². The summed E-state index contributed by atoms with van der Waals surface area (Å²) in [4.78, 5) is 26.9. The van der Waals surface area contributed by atoms with Crippen LogP contribution in [0, 0.1) is 6.92 Å². The first kappa shape index (κ1) is 16.5. The van der Waals surface area contributed by atoms with Gasteiger partial charge in [0.2, 0.25) is 0 Å². The first-order chi connectivity index (χ1) is 12.1. The number of aryl methyl sites for hydroxylation is 1. The van der Waals surface area contributed by atoms with Gasteiger partial charge < -0.3 is 9.72 Å². The maximum absolute atomic E-state index is 12.1. The molecule has 2 N–H and O–H groups in total. The number of carbonyl (C=O) groups is 1. The van der Waals surface area contributed by atoms with Crippen molar-refractivity contribution in [2.75, 3.05) is 5.32 Å². The second kappa shape index (κ2) is 7.49. The van der Waals surface area contributed by atoms with Crippen molar-refractivity contribution in [1.29, 1.82) is 0 Å².